The van der Waals surface area contributed by atoms with Crippen LogP contribution < -0.4 is 10.5 Å². The maximum absolute atomic E-state index is 13.7. The van der Waals surface area contributed by atoms with Crippen LogP contribution in [-0.4, -0.2) is 31.6 Å². The Morgan fingerprint density at radius 3 is 2.70 bits per heavy atom. The van der Waals surface area contributed by atoms with E-state index in [9.17, 15) is 4.39 Å². The van der Waals surface area contributed by atoms with Gasteiger partial charge >= 0.3 is 0 Å². The smallest absolute Gasteiger partial charge is 0.165 e. The Labute approximate surface area is 120 Å². The molecule has 20 heavy (non-hydrogen) atoms. The summed E-state index contributed by atoms with van der Waals surface area (Å²) in [4.78, 5) is 2.37. The van der Waals surface area contributed by atoms with Gasteiger partial charge in [0.2, 0.25) is 0 Å². The standard InChI is InChI=1S/C16H25FN2O/c1-3-19(10-12-5-4-6-12)11-15(18)13-7-8-16(20-2)14(17)9-13/h7-9,12,15H,3-6,10-11,18H2,1-2H3. The highest BCUT2D eigenvalue weighted by atomic mass is 19.1. The Bertz CT molecular complexity index is 434. The van der Waals surface area contributed by atoms with Gasteiger partial charge in [0.15, 0.2) is 11.6 Å². The van der Waals surface area contributed by atoms with E-state index in [0.717, 1.165) is 31.1 Å². The lowest BCUT2D eigenvalue weighted by atomic mass is 9.85. The number of hydrogen-bond donors (Lipinski definition) is 1. The number of methoxy groups -OCH3 is 1. The Kier molecular flexibility index (Phi) is 5.38. The first-order valence-electron chi connectivity index (χ1n) is 7.45. The van der Waals surface area contributed by atoms with Crippen molar-refractivity contribution < 1.29 is 9.13 Å². The van der Waals surface area contributed by atoms with Crippen molar-refractivity contribution in [1.82, 2.24) is 4.90 Å². The van der Waals surface area contributed by atoms with Crippen LogP contribution in [0.4, 0.5) is 4.39 Å². The number of hydrogen-bond acceptors (Lipinski definition) is 3. The van der Waals surface area contributed by atoms with E-state index in [1.54, 1.807) is 6.07 Å². The molecule has 1 aliphatic carbocycles. The SMILES string of the molecule is CCN(CC1CCC1)CC(N)c1ccc(OC)c(F)c1. The molecule has 0 spiro atoms. The van der Waals surface area contributed by atoms with Gasteiger partial charge < -0.3 is 15.4 Å². The van der Waals surface area contributed by atoms with Crippen molar-refractivity contribution in [2.75, 3.05) is 26.7 Å². The van der Waals surface area contributed by atoms with Crippen LogP contribution in [0.1, 0.15) is 37.8 Å². The second-order valence-corrected chi connectivity index (χ2v) is 5.65. The molecule has 3 nitrogen and oxygen atoms in total. The van der Waals surface area contributed by atoms with Gasteiger partial charge in [0.1, 0.15) is 0 Å². The van der Waals surface area contributed by atoms with Crippen LogP contribution in [-0.2, 0) is 0 Å². The third-order valence-corrected chi connectivity index (χ3v) is 4.25. The van der Waals surface area contributed by atoms with Crippen LogP contribution in [0.25, 0.3) is 0 Å². The van der Waals surface area contributed by atoms with Gasteiger partial charge in [-0.15, -0.1) is 0 Å². The average Bonchev–Trinajstić information content (AvgIpc) is 2.40. The van der Waals surface area contributed by atoms with Gasteiger partial charge in [-0.3, -0.25) is 0 Å². The molecular formula is C16H25FN2O. The third kappa shape index (κ3) is 3.70. The lowest BCUT2D eigenvalue weighted by Crippen LogP contribution is -2.37. The molecule has 2 rings (SSSR count). The second kappa shape index (κ2) is 7.04. The first-order valence-corrected chi connectivity index (χ1v) is 7.45. The van der Waals surface area contributed by atoms with Crippen LogP contribution in [0.2, 0.25) is 0 Å². The van der Waals surface area contributed by atoms with Crippen molar-refractivity contribution in [3.05, 3.63) is 29.6 Å². The minimum Gasteiger partial charge on any atom is -0.494 e. The van der Waals surface area contributed by atoms with E-state index >= 15 is 0 Å². The molecule has 1 saturated carbocycles. The van der Waals surface area contributed by atoms with Crippen LogP contribution in [0.3, 0.4) is 0 Å². The molecule has 1 unspecified atom stereocenters. The fourth-order valence-corrected chi connectivity index (χ4v) is 2.67. The molecular weight excluding hydrogens is 255 g/mol. The molecule has 4 heteroatoms. The summed E-state index contributed by atoms with van der Waals surface area (Å²) in [6.45, 7) is 5.03. The van der Waals surface area contributed by atoms with Gasteiger partial charge in [-0.1, -0.05) is 19.4 Å². The van der Waals surface area contributed by atoms with E-state index in [-0.39, 0.29) is 17.6 Å². The fraction of sp³-hybridized carbons (Fsp3) is 0.625. The molecule has 0 radical (unpaired) electrons. The molecule has 0 heterocycles. The summed E-state index contributed by atoms with van der Waals surface area (Å²) in [7, 11) is 1.47. The summed E-state index contributed by atoms with van der Waals surface area (Å²) in [5.41, 5.74) is 7.05. The predicted octanol–water partition coefficient (Wildman–Crippen LogP) is 2.96. The number of ether oxygens (including phenoxy) is 1. The zero-order valence-electron chi connectivity index (χ0n) is 12.4. The summed E-state index contributed by atoms with van der Waals surface area (Å²) in [5, 5.41) is 0. The van der Waals surface area contributed by atoms with E-state index in [1.807, 2.05) is 6.07 Å². The van der Waals surface area contributed by atoms with Crippen molar-refractivity contribution in [2.45, 2.75) is 32.2 Å². The molecule has 0 aromatic heterocycles. The summed E-state index contributed by atoms with van der Waals surface area (Å²) in [5.74, 6) is 0.750. The zero-order chi connectivity index (χ0) is 14.5. The highest BCUT2D eigenvalue weighted by Gasteiger charge is 2.21. The van der Waals surface area contributed by atoms with Crippen LogP contribution in [0.5, 0.6) is 5.75 Å². The molecule has 0 bridgehead atoms. The summed E-state index contributed by atoms with van der Waals surface area (Å²) in [6.07, 6.45) is 4.03. The Morgan fingerprint density at radius 1 is 1.45 bits per heavy atom. The van der Waals surface area contributed by atoms with Gasteiger partial charge in [-0.2, -0.15) is 0 Å². The highest BCUT2D eigenvalue weighted by molar-refractivity contribution is 5.31. The van der Waals surface area contributed by atoms with Crippen molar-refractivity contribution in [3.63, 3.8) is 0 Å². The first-order chi connectivity index (χ1) is 9.63. The normalized spacial score (nSPS) is 17.1. The van der Waals surface area contributed by atoms with Gasteiger partial charge in [0.05, 0.1) is 7.11 Å². The van der Waals surface area contributed by atoms with Crippen molar-refractivity contribution in [1.29, 1.82) is 0 Å². The van der Waals surface area contributed by atoms with Crippen molar-refractivity contribution >= 4 is 0 Å². The van der Waals surface area contributed by atoms with E-state index < -0.39 is 0 Å². The van der Waals surface area contributed by atoms with Crippen molar-refractivity contribution in [2.24, 2.45) is 11.7 Å². The van der Waals surface area contributed by atoms with Gasteiger partial charge in [-0.05, 0) is 43.0 Å². The highest BCUT2D eigenvalue weighted by Crippen LogP contribution is 2.28. The molecule has 1 aromatic carbocycles. The minimum absolute atomic E-state index is 0.157. The van der Waals surface area contributed by atoms with E-state index in [1.165, 1.54) is 32.4 Å². The lowest BCUT2D eigenvalue weighted by molar-refractivity contribution is 0.176. The molecule has 0 amide bonds. The van der Waals surface area contributed by atoms with Crippen LogP contribution in [0, 0.1) is 11.7 Å². The van der Waals surface area contributed by atoms with E-state index in [4.69, 9.17) is 10.5 Å². The molecule has 112 valence electrons. The monoisotopic (exact) mass is 280 g/mol. The van der Waals surface area contributed by atoms with Crippen LogP contribution >= 0.6 is 0 Å². The Balaban J connectivity index is 1.94. The van der Waals surface area contributed by atoms with E-state index in [2.05, 4.69) is 11.8 Å². The first kappa shape index (κ1) is 15.3. The molecule has 1 atom stereocenters. The molecule has 1 aromatic rings. The number of likely N-dealkylation sites (N-methyl/N-ethyl adjacent to an activating group) is 1. The van der Waals surface area contributed by atoms with Gasteiger partial charge in [0.25, 0.3) is 0 Å². The van der Waals surface area contributed by atoms with E-state index in [0.29, 0.717) is 0 Å². The quantitative estimate of drug-likeness (QED) is 0.834. The molecule has 2 N–H and O–H groups in total. The third-order valence-electron chi connectivity index (χ3n) is 4.25. The predicted molar refractivity (Wildman–Crippen MR) is 79.3 cm³/mol. The number of rotatable bonds is 7. The minimum atomic E-state index is -0.345. The number of benzene rings is 1. The molecule has 0 aliphatic heterocycles. The number of nitrogens with two attached hydrogens (primary N) is 1. The number of halogens is 1. The lowest BCUT2D eigenvalue weighted by Gasteiger charge is -2.33. The Morgan fingerprint density at radius 2 is 2.20 bits per heavy atom. The summed E-state index contributed by atoms with van der Waals surface area (Å²) >= 11 is 0. The van der Waals surface area contributed by atoms with Crippen LogP contribution in [0.15, 0.2) is 18.2 Å². The second-order valence-electron chi connectivity index (χ2n) is 5.65. The van der Waals surface area contributed by atoms with Gasteiger partial charge in [-0.25, -0.2) is 4.39 Å². The van der Waals surface area contributed by atoms with Gasteiger partial charge in [0, 0.05) is 19.1 Å². The molecule has 1 fully saturated rings. The zero-order valence-corrected chi connectivity index (χ0v) is 12.4. The Hall–Kier alpha value is -1.13. The van der Waals surface area contributed by atoms with Crippen molar-refractivity contribution in [3.8, 4) is 5.75 Å². The maximum Gasteiger partial charge on any atom is 0.165 e. The molecule has 1 aliphatic rings. The fourth-order valence-electron chi connectivity index (χ4n) is 2.67. The topological polar surface area (TPSA) is 38.5 Å². The average molecular weight is 280 g/mol. The summed E-state index contributed by atoms with van der Waals surface area (Å²) in [6, 6.07) is 4.83. The molecule has 0 saturated heterocycles. The summed E-state index contributed by atoms with van der Waals surface area (Å²) < 4.78 is 18.6. The number of nitrogens with zero attached hydrogens (tertiary/aromatic N) is 1. The largest absolute Gasteiger partial charge is 0.494 e. The maximum atomic E-state index is 13.7.